The van der Waals surface area contributed by atoms with Crippen LogP contribution in [-0.4, -0.2) is 48.6 Å². The van der Waals surface area contributed by atoms with Crippen molar-refractivity contribution in [3.63, 3.8) is 0 Å². The molecule has 1 aliphatic carbocycles. The number of halogens is 1. The molecule has 102 valence electrons. The Morgan fingerprint density at radius 3 is 2.89 bits per heavy atom. The normalized spacial score (nSPS) is 31.1. The van der Waals surface area contributed by atoms with Crippen molar-refractivity contribution in [1.29, 1.82) is 0 Å². The molecular formula is C11H14FN5O2. The number of rotatable bonds is 2. The van der Waals surface area contributed by atoms with E-state index >= 15 is 0 Å². The average Bonchev–Trinajstić information content (AvgIpc) is 2.94. The van der Waals surface area contributed by atoms with Crippen LogP contribution >= 0.6 is 0 Å². The van der Waals surface area contributed by atoms with Gasteiger partial charge in [-0.15, -0.1) is 0 Å². The van der Waals surface area contributed by atoms with Crippen LogP contribution in [0.25, 0.3) is 11.2 Å². The molecule has 1 saturated carbocycles. The SMILES string of the molecule is Nc1ncnc2c1ncn2C1CC(CO)C(F)C1O. The molecule has 4 atom stereocenters. The summed E-state index contributed by atoms with van der Waals surface area (Å²) in [6.45, 7) is -0.293. The number of anilines is 1. The lowest BCUT2D eigenvalue weighted by molar-refractivity contribution is 0.0509. The van der Waals surface area contributed by atoms with Gasteiger partial charge < -0.3 is 20.5 Å². The highest BCUT2D eigenvalue weighted by Crippen LogP contribution is 2.38. The maximum atomic E-state index is 13.8. The van der Waals surface area contributed by atoms with Crippen molar-refractivity contribution in [2.45, 2.75) is 24.7 Å². The Morgan fingerprint density at radius 1 is 1.42 bits per heavy atom. The number of nitrogens with two attached hydrogens (primary N) is 1. The molecule has 2 aromatic heterocycles. The summed E-state index contributed by atoms with van der Waals surface area (Å²) in [5.74, 6) is -0.330. The van der Waals surface area contributed by atoms with Crippen molar-refractivity contribution in [1.82, 2.24) is 19.5 Å². The van der Waals surface area contributed by atoms with E-state index in [1.807, 2.05) is 0 Å². The molecule has 8 heteroatoms. The van der Waals surface area contributed by atoms with E-state index in [4.69, 9.17) is 10.8 Å². The summed E-state index contributed by atoms with van der Waals surface area (Å²) >= 11 is 0. The number of fused-ring (bicyclic) bond motifs is 1. The highest BCUT2D eigenvalue weighted by molar-refractivity contribution is 5.81. The van der Waals surface area contributed by atoms with Crippen LogP contribution in [0.5, 0.6) is 0 Å². The Labute approximate surface area is 107 Å². The third-order valence-corrected chi connectivity index (χ3v) is 3.69. The van der Waals surface area contributed by atoms with E-state index in [9.17, 15) is 9.50 Å². The lowest BCUT2D eigenvalue weighted by atomic mass is 10.1. The summed E-state index contributed by atoms with van der Waals surface area (Å²) in [7, 11) is 0. The zero-order chi connectivity index (χ0) is 13.6. The predicted molar refractivity (Wildman–Crippen MR) is 64.9 cm³/mol. The minimum Gasteiger partial charge on any atom is -0.396 e. The van der Waals surface area contributed by atoms with Gasteiger partial charge in [-0.05, 0) is 6.42 Å². The largest absolute Gasteiger partial charge is 0.396 e. The van der Waals surface area contributed by atoms with E-state index in [1.54, 1.807) is 4.57 Å². The van der Waals surface area contributed by atoms with E-state index in [0.29, 0.717) is 17.6 Å². The van der Waals surface area contributed by atoms with Gasteiger partial charge in [0, 0.05) is 12.5 Å². The molecule has 2 aromatic rings. The van der Waals surface area contributed by atoms with Crippen LogP contribution in [0.1, 0.15) is 12.5 Å². The van der Waals surface area contributed by atoms with E-state index in [-0.39, 0.29) is 12.4 Å². The van der Waals surface area contributed by atoms with Crippen LogP contribution in [0.2, 0.25) is 0 Å². The van der Waals surface area contributed by atoms with Crippen LogP contribution in [0.3, 0.4) is 0 Å². The Kier molecular flexibility index (Phi) is 2.83. The number of aromatic nitrogens is 4. The molecule has 0 aliphatic heterocycles. The van der Waals surface area contributed by atoms with Gasteiger partial charge in [0.25, 0.3) is 0 Å². The standard InChI is InChI=1S/C11H14FN5O2/c12-7-5(2-18)1-6(9(7)19)17-4-16-8-10(13)14-3-15-11(8)17/h3-7,9,18-19H,1-2H2,(H2,13,14,15). The smallest absolute Gasteiger partial charge is 0.165 e. The molecule has 0 spiro atoms. The number of alkyl halides is 1. The van der Waals surface area contributed by atoms with Crippen molar-refractivity contribution in [3.8, 4) is 0 Å². The average molecular weight is 267 g/mol. The van der Waals surface area contributed by atoms with E-state index in [2.05, 4.69) is 15.0 Å². The molecule has 0 saturated heterocycles. The maximum absolute atomic E-state index is 13.8. The number of aliphatic hydroxyl groups excluding tert-OH is 2. The highest BCUT2D eigenvalue weighted by atomic mass is 19.1. The van der Waals surface area contributed by atoms with Crippen LogP contribution in [0.15, 0.2) is 12.7 Å². The third kappa shape index (κ3) is 1.75. The van der Waals surface area contributed by atoms with E-state index in [0.717, 1.165) is 0 Å². The first-order chi connectivity index (χ1) is 9.13. The first-order valence-electron chi connectivity index (χ1n) is 5.99. The fraction of sp³-hybridized carbons (Fsp3) is 0.545. The summed E-state index contributed by atoms with van der Waals surface area (Å²) in [4.78, 5) is 12.0. The van der Waals surface area contributed by atoms with Crippen molar-refractivity contribution in [2.75, 3.05) is 12.3 Å². The second-order valence-electron chi connectivity index (χ2n) is 4.76. The first-order valence-corrected chi connectivity index (χ1v) is 5.99. The van der Waals surface area contributed by atoms with Crippen LogP contribution in [0, 0.1) is 5.92 Å². The second kappa shape index (κ2) is 4.39. The number of aliphatic hydroxyl groups is 2. The van der Waals surface area contributed by atoms with Crippen LogP contribution in [-0.2, 0) is 0 Å². The molecule has 2 heterocycles. The summed E-state index contributed by atoms with van der Waals surface area (Å²) in [5, 5.41) is 19.1. The zero-order valence-corrected chi connectivity index (χ0v) is 10.0. The van der Waals surface area contributed by atoms with Gasteiger partial charge in [-0.2, -0.15) is 0 Å². The van der Waals surface area contributed by atoms with Gasteiger partial charge in [-0.3, -0.25) is 0 Å². The fourth-order valence-corrected chi connectivity index (χ4v) is 2.64. The van der Waals surface area contributed by atoms with Gasteiger partial charge in [0.05, 0.1) is 12.4 Å². The number of nitrogens with zero attached hydrogens (tertiary/aromatic N) is 4. The molecule has 3 rings (SSSR count). The van der Waals surface area contributed by atoms with Crippen molar-refractivity contribution < 1.29 is 14.6 Å². The number of imidazole rings is 1. The lowest BCUT2D eigenvalue weighted by Gasteiger charge is -2.17. The molecule has 1 aliphatic rings. The number of hydrogen-bond donors (Lipinski definition) is 3. The highest BCUT2D eigenvalue weighted by Gasteiger charge is 2.44. The minimum absolute atomic E-state index is 0.242. The lowest BCUT2D eigenvalue weighted by Crippen LogP contribution is -2.27. The van der Waals surface area contributed by atoms with Crippen LogP contribution in [0.4, 0.5) is 10.2 Å². The Hall–Kier alpha value is -1.80. The van der Waals surface area contributed by atoms with Gasteiger partial charge in [0.15, 0.2) is 11.5 Å². The van der Waals surface area contributed by atoms with Crippen molar-refractivity contribution in [3.05, 3.63) is 12.7 Å². The monoisotopic (exact) mass is 267 g/mol. The fourth-order valence-electron chi connectivity index (χ4n) is 2.64. The number of nitrogen functional groups attached to an aromatic ring is 1. The Morgan fingerprint density at radius 2 is 2.21 bits per heavy atom. The number of hydrogen-bond acceptors (Lipinski definition) is 6. The van der Waals surface area contributed by atoms with Gasteiger partial charge >= 0.3 is 0 Å². The molecular weight excluding hydrogens is 253 g/mol. The molecule has 19 heavy (non-hydrogen) atoms. The minimum atomic E-state index is -1.45. The van der Waals surface area contributed by atoms with Gasteiger partial charge in [-0.25, -0.2) is 19.3 Å². The molecule has 0 radical (unpaired) electrons. The summed E-state index contributed by atoms with van der Waals surface area (Å²) < 4.78 is 15.4. The Balaban J connectivity index is 2.04. The van der Waals surface area contributed by atoms with Gasteiger partial charge in [-0.1, -0.05) is 0 Å². The van der Waals surface area contributed by atoms with E-state index in [1.165, 1.54) is 12.7 Å². The maximum Gasteiger partial charge on any atom is 0.165 e. The van der Waals surface area contributed by atoms with E-state index < -0.39 is 24.2 Å². The molecule has 7 nitrogen and oxygen atoms in total. The predicted octanol–water partition coefficient (Wildman–Crippen LogP) is -0.339. The van der Waals surface area contributed by atoms with Gasteiger partial charge in [0.2, 0.25) is 0 Å². The van der Waals surface area contributed by atoms with Crippen LogP contribution < -0.4 is 5.73 Å². The van der Waals surface area contributed by atoms with Crippen molar-refractivity contribution in [2.24, 2.45) is 5.92 Å². The summed E-state index contributed by atoms with van der Waals surface area (Å²) in [6.07, 6.45) is 0.454. The van der Waals surface area contributed by atoms with Gasteiger partial charge in [0.1, 0.15) is 24.1 Å². The summed E-state index contributed by atoms with van der Waals surface area (Å²) in [5.41, 5.74) is 6.57. The Bertz CT molecular complexity index is 604. The molecule has 0 bridgehead atoms. The quantitative estimate of drug-likeness (QED) is 0.686. The second-order valence-corrected chi connectivity index (χ2v) is 4.76. The molecule has 4 unspecified atom stereocenters. The molecule has 0 amide bonds. The van der Waals surface area contributed by atoms with Crippen molar-refractivity contribution >= 4 is 17.0 Å². The molecule has 1 fully saturated rings. The molecule has 4 N–H and O–H groups in total. The first kappa shape index (κ1) is 12.2. The zero-order valence-electron chi connectivity index (χ0n) is 10.0. The topological polar surface area (TPSA) is 110 Å². The molecule has 0 aromatic carbocycles. The third-order valence-electron chi connectivity index (χ3n) is 3.69. The summed E-state index contributed by atoms with van der Waals surface area (Å²) in [6, 6.07) is -0.508.